The first-order valence-electron chi connectivity index (χ1n) is 7.33. The quantitative estimate of drug-likeness (QED) is 0.382. The van der Waals surface area contributed by atoms with E-state index < -0.39 is 0 Å². The molecule has 17 heavy (non-hydrogen) atoms. The van der Waals surface area contributed by atoms with Crippen LogP contribution in [0.2, 0.25) is 0 Å². The standard InChI is InChI=1S/C16H27.Rf/c1-2-3-7-14-10-12-16(13-11-14)15-8-5-4-6-9-15;/h2-4,14-16H,5-13H2,1H3;/q-1;/b3-2+;. The Bertz CT molecular complexity index is 208. The molecule has 0 saturated heterocycles. The van der Waals surface area contributed by atoms with E-state index in [-0.39, 0.29) is 0 Å². The average molecular weight is 486 g/mol. The van der Waals surface area contributed by atoms with Crippen LogP contribution in [0.5, 0.6) is 0 Å². The van der Waals surface area contributed by atoms with Crippen LogP contribution < -0.4 is 0 Å². The Hall–Kier alpha value is -1.26. The van der Waals surface area contributed by atoms with Gasteiger partial charge in [0.2, 0.25) is 0 Å². The molecule has 94 valence electrons. The molecule has 0 unspecified atom stereocenters. The largest absolute Gasteiger partial charge is 0.328 e. The molecule has 0 heterocycles. The van der Waals surface area contributed by atoms with Crippen molar-refractivity contribution in [1.29, 1.82) is 0 Å². The monoisotopic (exact) mass is 486 g/mol. The Morgan fingerprint density at radius 1 is 0.941 bits per heavy atom. The van der Waals surface area contributed by atoms with Gasteiger partial charge in [-0.3, -0.25) is 0 Å². The minimum absolute atomic E-state index is 0. The van der Waals surface area contributed by atoms with Crippen molar-refractivity contribution in [3.8, 4) is 0 Å². The minimum Gasteiger partial charge on any atom is -0.328 e. The van der Waals surface area contributed by atoms with E-state index in [1.807, 2.05) is 0 Å². The molecule has 2 saturated carbocycles. The van der Waals surface area contributed by atoms with Crippen LogP contribution in [0, 0.1) is 24.2 Å². The Morgan fingerprint density at radius 2 is 1.53 bits per heavy atom. The summed E-state index contributed by atoms with van der Waals surface area (Å²) in [6, 6.07) is 0. The smallest absolute Gasteiger partial charge is 0 e. The summed E-state index contributed by atoms with van der Waals surface area (Å²) in [5, 5.41) is 0. The van der Waals surface area contributed by atoms with Crippen molar-refractivity contribution in [2.45, 2.75) is 64.7 Å². The minimum atomic E-state index is 0. The van der Waals surface area contributed by atoms with Crippen molar-refractivity contribution >= 4 is 0 Å². The van der Waals surface area contributed by atoms with Crippen molar-refractivity contribution in [2.75, 3.05) is 0 Å². The van der Waals surface area contributed by atoms with Gasteiger partial charge in [-0.1, -0.05) is 25.0 Å². The molecule has 2 aliphatic carbocycles. The van der Waals surface area contributed by atoms with E-state index in [4.69, 9.17) is 0 Å². The van der Waals surface area contributed by atoms with Crippen LogP contribution in [0.4, 0.5) is 0 Å². The summed E-state index contributed by atoms with van der Waals surface area (Å²) in [6.07, 6.45) is 20.2. The fourth-order valence-corrected chi connectivity index (χ4v) is 3.65. The van der Waals surface area contributed by atoms with Crippen LogP contribution in [0.25, 0.3) is 0 Å². The molecule has 0 bridgehead atoms. The second-order valence-electron chi connectivity index (χ2n) is 5.79. The maximum Gasteiger partial charge on any atom is 0 e. The molecular formula is C16H27Rf-. The second kappa shape index (κ2) is 7.14. The van der Waals surface area contributed by atoms with Crippen molar-refractivity contribution in [3.63, 3.8) is 0 Å². The van der Waals surface area contributed by atoms with E-state index >= 15 is 0 Å². The van der Waals surface area contributed by atoms with Crippen molar-refractivity contribution in [2.24, 2.45) is 17.8 Å². The summed E-state index contributed by atoms with van der Waals surface area (Å²) in [4.78, 5) is 0. The molecule has 0 aromatic rings. The molecule has 0 atom stereocenters. The van der Waals surface area contributed by atoms with E-state index in [2.05, 4.69) is 25.5 Å². The molecule has 2 aliphatic rings. The molecule has 0 aromatic heterocycles. The molecule has 0 aliphatic heterocycles. The number of hydrogen-bond acceptors (Lipinski definition) is 0. The number of rotatable bonds is 3. The molecule has 2 fully saturated rings. The van der Waals surface area contributed by atoms with Gasteiger partial charge in [-0.15, -0.1) is 0 Å². The summed E-state index contributed by atoms with van der Waals surface area (Å²) in [6.45, 7) is 2.14. The van der Waals surface area contributed by atoms with E-state index in [9.17, 15) is 0 Å². The SMILES string of the molecule is C/C=C/CC1CCC(C2CC[CH-]CC2)CC1.[Rf]. The number of allylic oxidation sites excluding steroid dienone is 2. The topological polar surface area (TPSA) is 0 Å². The van der Waals surface area contributed by atoms with Gasteiger partial charge in [0.1, 0.15) is 0 Å². The Labute approximate surface area is 102 Å². The van der Waals surface area contributed by atoms with Gasteiger partial charge in [-0.25, -0.2) is 0 Å². The summed E-state index contributed by atoms with van der Waals surface area (Å²) >= 11 is 0. The molecule has 0 amide bonds. The molecule has 2 rings (SSSR count). The van der Waals surface area contributed by atoms with Gasteiger partial charge in [0, 0.05) is 0 Å². The normalized spacial score (nSPS) is 31.4. The average Bonchev–Trinajstić information content (AvgIpc) is 2.38. The zero-order valence-electron chi connectivity index (χ0n) is 11.5. The zero-order chi connectivity index (χ0) is 11.2. The van der Waals surface area contributed by atoms with E-state index in [0.717, 1.165) is 17.8 Å². The summed E-state index contributed by atoms with van der Waals surface area (Å²) in [5.74, 6) is 3.16. The van der Waals surface area contributed by atoms with Crippen LogP contribution in [-0.4, -0.2) is 0 Å². The van der Waals surface area contributed by atoms with E-state index in [0.29, 0.717) is 0 Å². The first-order valence-corrected chi connectivity index (χ1v) is 7.33. The van der Waals surface area contributed by atoms with Gasteiger partial charge < -0.3 is 6.42 Å². The third-order valence-electron chi connectivity index (χ3n) is 4.75. The molecule has 0 radical (unpaired) electrons. The number of hydrogen-bond donors (Lipinski definition) is 0. The summed E-state index contributed by atoms with van der Waals surface area (Å²) in [7, 11) is 0. The van der Waals surface area contributed by atoms with Crippen LogP contribution in [0.3, 0.4) is 0 Å². The fraction of sp³-hybridized carbons (Fsp3) is 0.812. The summed E-state index contributed by atoms with van der Waals surface area (Å²) in [5.41, 5.74) is 0. The van der Waals surface area contributed by atoms with Crippen LogP contribution >= 0.6 is 0 Å². The van der Waals surface area contributed by atoms with E-state index in [1.165, 1.54) is 57.8 Å². The molecule has 1 heteroatoms. The first kappa shape index (κ1) is 13.8. The van der Waals surface area contributed by atoms with Crippen LogP contribution in [0.15, 0.2) is 12.2 Å². The van der Waals surface area contributed by atoms with Crippen molar-refractivity contribution < 1.29 is 0 Å². The predicted octanol–water partition coefficient (Wildman–Crippen LogP) is 5.15. The first-order chi connectivity index (χ1) is 7.90. The van der Waals surface area contributed by atoms with Gasteiger partial charge >= 0.3 is 0 Å². The predicted molar refractivity (Wildman–Crippen MR) is 71.1 cm³/mol. The summed E-state index contributed by atoms with van der Waals surface area (Å²) < 4.78 is 0. The molecular weight excluding hydrogens is 459 g/mol. The van der Waals surface area contributed by atoms with Crippen LogP contribution in [-0.2, 0) is 0 Å². The Kier molecular flexibility index (Phi) is 5.80. The van der Waals surface area contributed by atoms with Gasteiger partial charge in [0.25, 0.3) is 0 Å². The third-order valence-corrected chi connectivity index (χ3v) is 4.75. The van der Waals surface area contributed by atoms with Crippen molar-refractivity contribution in [3.05, 3.63) is 18.6 Å². The van der Waals surface area contributed by atoms with Gasteiger partial charge in [0.05, 0.1) is 0 Å². The van der Waals surface area contributed by atoms with Crippen LogP contribution in [0.1, 0.15) is 64.7 Å². The van der Waals surface area contributed by atoms with Gasteiger partial charge in [0.15, 0.2) is 0 Å². The fourth-order valence-electron chi connectivity index (χ4n) is 3.65. The van der Waals surface area contributed by atoms with Gasteiger partial charge in [-0.2, -0.15) is 12.8 Å². The zero-order valence-corrected chi connectivity index (χ0v) is 17.9. The molecule has 0 N–H and O–H groups in total. The van der Waals surface area contributed by atoms with Crippen molar-refractivity contribution in [1.82, 2.24) is 0 Å². The third kappa shape index (κ3) is 3.91. The Morgan fingerprint density at radius 3 is 2.12 bits per heavy atom. The maximum atomic E-state index is 2.49. The maximum absolute atomic E-state index is 2.49. The second-order valence-corrected chi connectivity index (χ2v) is 5.79. The Balaban J connectivity index is 0.00000144. The molecule has 0 aromatic carbocycles. The molecule has 0 nitrogen and oxygen atoms in total. The molecule has 0 spiro atoms. The van der Waals surface area contributed by atoms with Gasteiger partial charge in [-0.05, 0) is 56.8 Å². The van der Waals surface area contributed by atoms with E-state index in [1.54, 1.807) is 0 Å².